The standard InChI is InChI=1S/C61H111N2O7P/c1-7-10-13-16-19-22-25-28-30-32-34-36-39-42-45-48-51-54-61(65)70-59(52-49-46-43-40-37-27-24-21-18-15-12-9-3)58(57-69-71(66,67)68-56-55-63(4,5)6)62-60(64)53-50-47-44-41-38-35-33-31-29-26-23-20-17-14-11-8-2/h11,14,20,23,28-31,35,38,49,52,58-59H,7-10,12-13,15-19,21-22,24-27,32-34,36-37,39-48,50-51,53-57H2,1-6H3,(H-,62,64,66,67)/b14-11+,23-20+,30-28+,31-29+,38-35+,52-49+. The van der Waals surface area contributed by atoms with E-state index in [-0.39, 0.29) is 31.3 Å². The van der Waals surface area contributed by atoms with Crippen molar-refractivity contribution in [3.63, 3.8) is 0 Å². The fraction of sp³-hybridized carbons (Fsp3) is 0.770. The molecule has 0 aliphatic heterocycles. The van der Waals surface area contributed by atoms with E-state index in [2.05, 4.69) is 86.8 Å². The Kier molecular flexibility index (Phi) is 49.1. The summed E-state index contributed by atoms with van der Waals surface area (Å²) >= 11 is 0. The van der Waals surface area contributed by atoms with Crippen LogP contribution in [0.25, 0.3) is 0 Å². The number of nitrogens with zero attached hydrogens (tertiary/aromatic N) is 1. The van der Waals surface area contributed by atoms with Gasteiger partial charge in [0.2, 0.25) is 5.91 Å². The van der Waals surface area contributed by atoms with Crippen molar-refractivity contribution in [3.8, 4) is 0 Å². The fourth-order valence-corrected chi connectivity index (χ4v) is 8.82. The van der Waals surface area contributed by atoms with E-state index in [1.54, 1.807) is 0 Å². The summed E-state index contributed by atoms with van der Waals surface area (Å²) < 4.78 is 30.2. The van der Waals surface area contributed by atoms with Gasteiger partial charge in [0.05, 0.1) is 33.8 Å². The van der Waals surface area contributed by atoms with E-state index < -0.39 is 26.6 Å². The molecule has 0 aromatic carbocycles. The lowest BCUT2D eigenvalue weighted by Gasteiger charge is -2.30. The molecule has 9 nitrogen and oxygen atoms in total. The lowest BCUT2D eigenvalue weighted by atomic mass is 10.0. The highest BCUT2D eigenvalue weighted by molar-refractivity contribution is 7.45. The zero-order valence-electron chi connectivity index (χ0n) is 46.9. The van der Waals surface area contributed by atoms with Crippen LogP contribution < -0.4 is 10.2 Å². The zero-order chi connectivity index (χ0) is 52.2. The number of allylic oxidation sites excluding steroid dienone is 11. The minimum absolute atomic E-state index is 0.0317. The smallest absolute Gasteiger partial charge is 0.306 e. The Balaban J connectivity index is 5.39. The highest BCUT2D eigenvalue weighted by Crippen LogP contribution is 2.38. The lowest BCUT2D eigenvalue weighted by Crippen LogP contribution is -2.47. The third-order valence-corrected chi connectivity index (χ3v) is 13.6. The summed E-state index contributed by atoms with van der Waals surface area (Å²) in [5.74, 6) is -0.583. The molecule has 0 saturated carbocycles. The van der Waals surface area contributed by atoms with Gasteiger partial charge in [-0.1, -0.05) is 216 Å². The first kappa shape index (κ1) is 68.5. The van der Waals surface area contributed by atoms with Crippen molar-refractivity contribution in [2.45, 2.75) is 264 Å². The average Bonchev–Trinajstić information content (AvgIpc) is 3.33. The molecule has 1 amide bonds. The first-order valence-electron chi connectivity index (χ1n) is 29.2. The molecule has 3 atom stereocenters. The molecule has 0 aromatic rings. The van der Waals surface area contributed by atoms with Crippen molar-refractivity contribution in [1.29, 1.82) is 0 Å². The number of hydrogen-bond acceptors (Lipinski definition) is 7. The number of quaternary nitrogens is 1. The van der Waals surface area contributed by atoms with Crippen LogP contribution >= 0.6 is 7.82 Å². The van der Waals surface area contributed by atoms with Gasteiger partial charge in [0.25, 0.3) is 7.82 Å². The Morgan fingerprint density at radius 1 is 0.507 bits per heavy atom. The van der Waals surface area contributed by atoms with Gasteiger partial charge < -0.3 is 28.5 Å². The molecule has 0 aliphatic carbocycles. The molecule has 0 radical (unpaired) electrons. The molecule has 0 fully saturated rings. The Morgan fingerprint density at radius 3 is 1.38 bits per heavy atom. The molecule has 1 N–H and O–H groups in total. The van der Waals surface area contributed by atoms with Gasteiger partial charge >= 0.3 is 5.97 Å². The number of unbranched alkanes of at least 4 members (excludes halogenated alkanes) is 26. The largest absolute Gasteiger partial charge is 0.756 e. The van der Waals surface area contributed by atoms with Gasteiger partial charge in [0.1, 0.15) is 19.3 Å². The second-order valence-corrected chi connectivity index (χ2v) is 22.2. The van der Waals surface area contributed by atoms with Crippen LogP contribution in [0.3, 0.4) is 0 Å². The fourth-order valence-electron chi connectivity index (χ4n) is 8.09. The molecular formula is C61H111N2O7P. The molecule has 0 heterocycles. The Hall–Kier alpha value is -2.55. The van der Waals surface area contributed by atoms with Crippen LogP contribution in [0, 0.1) is 0 Å². The van der Waals surface area contributed by atoms with Crippen molar-refractivity contribution in [2.24, 2.45) is 0 Å². The van der Waals surface area contributed by atoms with Gasteiger partial charge in [-0.25, -0.2) is 0 Å². The molecular weight excluding hydrogens is 904 g/mol. The van der Waals surface area contributed by atoms with E-state index in [1.807, 2.05) is 33.3 Å². The molecule has 71 heavy (non-hydrogen) atoms. The van der Waals surface area contributed by atoms with Gasteiger partial charge in [0, 0.05) is 12.8 Å². The maximum atomic E-state index is 13.5. The minimum Gasteiger partial charge on any atom is -0.756 e. The first-order chi connectivity index (χ1) is 34.4. The van der Waals surface area contributed by atoms with Crippen LogP contribution in [0.1, 0.15) is 252 Å². The van der Waals surface area contributed by atoms with Gasteiger partial charge in [-0.2, -0.15) is 0 Å². The topological polar surface area (TPSA) is 114 Å². The van der Waals surface area contributed by atoms with Crippen molar-refractivity contribution in [1.82, 2.24) is 5.32 Å². The number of ether oxygens (including phenoxy) is 1. The number of hydrogen-bond donors (Lipinski definition) is 1. The molecule has 0 bridgehead atoms. The number of nitrogens with one attached hydrogen (secondary N) is 1. The maximum Gasteiger partial charge on any atom is 0.306 e. The highest BCUT2D eigenvalue weighted by atomic mass is 31.2. The predicted octanol–water partition coefficient (Wildman–Crippen LogP) is 17.0. The van der Waals surface area contributed by atoms with Crippen molar-refractivity contribution in [2.75, 3.05) is 40.9 Å². The van der Waals surface area contributed by atoms with Crippen LogP contribution in [0.4, 0.5) is 0 Å². The second-order valence-electron chi connectivity index (χ2n) is 20.8. The SMILES string of the molecule is CC/C=C/C/C=C/C/C=C/C/C=C/CCCCCC(=O)NC(COP(=O)([O-])OCC[N+](C)(C)C)C(/C=C/CCCCCCCCCCCC)OC(=O)CCCCCCCCC/C=C/CCCCCCCC. The Bertz CT molecular complexity index is 1450. The van der Waals surface area contributed by atoms with Crippen molar-refractivity contribution < 1.29 is 37.3 Å². The van der Waals surface area contributed by atoms with Gasteiger partial charge in [-0.05, 0) is 96.0 Å². The predicted molar refractivity (Wildman–Crippen MR) is 302 cm³/mol. The number of rotatable bonds is 52. The van der Waals surface area contributed by atoms with Crippen LogP contribution in [0.15, 0.2) is 72.9 Å². The summed E-state index contributed by atoms with van der Waals surface area (Å²) in [5, 5.41) is 3.00. The first-order valence-corrected chi connectivity index (χ1v) is 30.7. The van der Waals surface area contributed by atoms with E-state index in [4.69, 9.17) is 13.8 Å². The number of likely N-dealkylation sites (N-methyl/N-ethyl adjacent to an activating group) is 1. The number of phosphoric ester groups is 1. The number of esters is 1. The van der Waals surface area contributed by atoms with E-state index in [0.717, 1.165) is 96.3 Å². The quantitative estimate of drug-likeness (QED) is 0.0212. The van der Waals surface area contributed by atoms with Gasteiger partial charge in [0.15, 0.2) is 0 Å². The monoisotopic (exact) mass is 1010 g/mol. The number of carbonyl (C=O) groups excluding carboxylic acids is 2. The number of amides is 1. The summed E-state index contributed by atoms with van der Waals surface area (Å²) in [6.45, 7) is 6.69. The average molecular weight is 1020 g/mol. The molecule has 0 aliphatic rings. The van der Waals surface area contributed by atoms with E-state index in [1.165, 1.54) is 116 Å². The number of phosphoric acid groups is 1. The van der Waals surface area contributed by atoms with Crippen LogP contribution in [0.5, 0.6) is 0 Å². The summed E-state index contributed by atoms with van der Waals surface area (Å²) in [5.41, 5.74) is 0. The van der Waals surface area contributed by atoms with Crippen LogP contribution in [-0.2, 0) is 27.9 Å². The molecule has 0 saturated heterocycles. The summed E-state index contributed by atoms with van der Waals surface area (Å²) in [7, 11) is 1.15. The van der Waals surface area contributed by atoms with Crippen molar-refractivity contribution in [3.05, 3.63) is 72.9 Å². The lowest BCUT2D eigenvalue weighted by molar-refractivity contribution is -0.870. The van der Waals surface area contributed by atoms with E-state index in [9.17, 15) is 19.0 Å². The third-order valence-electron chi connectivity index (χ3n) is 12.6. The molecule has 3 unspecified atom stereocenters. The summed E-state index contributed by atoms with van der Waals surface area (Å²) in [6.07, 6.45) is 64.4. The third kappa shape index (κ3) is 52.1. The second kappa shape index (κ2) is 51.0. The molecule has 0 rings (SSSR count). The Labute approximate surface area is 438 Å². The minimum atomic E-state index is -4.71. The molecule has 0 spiro atoms. The number of carbonyl (C=O) groups is 2. The van der Waals surface area contributed by atoms with Gasteiger partial charge in [-0.3, -0.25) is 14.2 Å². The Morgan fingerprint density at radius 2 is 0.901 bits per heavy atom. The van der Waals surface area contributed by atoms with Crippen LogP contribution in [-0.4, -0.2) is 69.4 Å². The molecule has 10 heteroatoms. The van der Waals surface area contributed by atoms with E-state index >= 15 is 0 Å². The normalized spacial score (nSPS) is 14.3. The zero-order valence-corrected chi connectivity index (χ0v) is 47.8. The van der Waals surface area contributed by atoms with Crippen LogP contribution in [0.2, 0.25) is 0 Å². The summed E-state index contributed by atoms with van der Waals surface area (Å²) in [4.78, 5) is 39.9. The van der Waals surface area contributed by atoms with Gasteiger partial charge in [-0.15, -0.1) is 0 Å². The highest BCUT2D eigenvalue weighted by Gasteiger charge is 2.27. The van der Waals surface area contributed by atoms with E-state index in [0.29, 0.717) is 17.4 Å². The molecule has 0 aromatic heterocycles. The van der Waals surface area contributed by atoms with Crippen molar-refractivity contribution >= 4 is 19.7 Å². The molecule has 412 valence electrons. The summed E-state index contributed by atoms with van der Waals surface area (Å²) in [6, 6.07) is -0.908. The maximum absolute atomic E-state index is 13.5.